The summed E-state index contributed by atoms with van der Waals surface area (Å²) in [7, 11) is 3.60. The molecule has 1 aromatic heterocycles. The van der Waals surface area contributed by atoms with E-state index < -0.39 is 0 Å². The number of aromatic nitrogens is 1. The quantitative estimate of drug-likeness (QED) is 0.754. The third-order valence-electron chi connectivity index (χ3n) is 5.39. The molecule has 1 aromatic carbocycles. The second-order valence-corrected chi connectivity index (χ2v) is 7.30. The van der Waals surface area contributed by atoms with E-state index in [2.05, 4.69) is 22.0 Å². The Morgan fingerprint density at radius 1 is 1.15 bits per heavy atom. The van der Waals surface area contributed by atoms with E-state index in [4.69, 9.17) is 4.74 Å². The minimum Gasteiger partial charge on any atom is -0.497 e. The van der Waals surface area contributed by atoms with Gasteiger partial charge in [-0.2, -0.15) is 0 Å². The van der Waals surface area contributed by atoms with E-state index in [1.807, 2.05) is 24.1 Å². The summed E-state index contributed by atoms with van der Waals surface area (Å²) in [5.41, 5.74) is 2.06. The highest BCUT2D eigenvalue weighted by molar-refractivity contribution is 5.93. The number of ether oxygens (including phenoxy) is 1. The number of carbonyl (C=O) groups is 1. The van der Waals surface area contributed by atoms with Gasteiger partial charge in [0.1, 0.15) is 5.75 Å². The Labute approximate surface area is 162 Å². The van der Waals surface area contributed by atoms with Crippen molar-refractivity contribution in [2.45, 2.75) is 19.3 Å². The van der Waals surface area contributed by atoms with Crippen LogP contribution in [0.2, 0.25) is 0 Å². The van der Waals surface area contributed by atoms with Gasteiger partial charge in [-0.3, -0.25) is 9.78 Å². The van der Waals surface area contributed by atoms with Gasteiger partial charge in [0.05, 0.1) is 7.11 Å². The first-order valence-electron chi connectivity index (χ1n) is 9.66. The van der Waals surface area contributed by atoms with Gasteiger partial charge in [0, 0.05) is 38.1 Å². The summed E-state index contributed by atoms with van der Waals surface area (Å²) in [4.78, 5) is 20.8. The van der Waals surface area contributed by atoms with Crippen LogP contribution in [0.3, 0.4) is 0 Å². The lowest BCUT2D eigenvalue weighted by atomic mass is 9.95. The number of hydrogen-bond acceptors (Lipinski definition) is 4. The lowest BCUT2D eigenvalue weighted by molar-refractivity contribution is 0.0740. The molecule has 5 nitrogen and oxygen atoms in total. The molecule has 2 aromatic rings. The van der Waals surface area contributed by atoms with Crippen LogP contribution >= 0.6 is 0 Å². The van der Waals surface area contributed by atoms with Crippen molar-refractivity contribution in [3.63, 3.8) is 0 Å². The van der Waals surface area contributed by atoms with E-state index in [9.17, 15) is 4.79 Å². The number of methoxy groups -OCH3 is 1. The van der Waals surface area contributed by atoms with Crippen molar-refractivity contribution in [1.29, 1.82) is 0 Å². The zero-order valence-corrected chi connectivity index (χ0v) is 16.3. The summed E-state index contributed by atoms with van der Waals surface area (Å²) >= 11 is 0. The topological polar surface area (TPSA) is 45.7 Å². The van der Waals surface area contributed by atoms with Crippen LogP contribution in [0.4, 0.5) is 0 Å². The molecule has 1 aliphatic rings. The fourth-order valence-corrected chi connectivity index (χ4v) is 3.66. The first-order chi connectivity index (χ1) is 13.2. The maximum Gasteiger partial charge on any atom is 0.253 e. The number of amides is 1. The summed E-state index contributed by atoms with van der Waals surface area (Å²) in [6, 6.07) is 11.9. The van der Waals surface area contributed by atoms with Crippen LogP contribution in [-0.4, -0.2) is 61.0 Å². The number of pyridine rings is 1. The maximum absolute atomic E-state index is 12.5. The van der Waals surface area contributed by atoms with E-state index in [-0.39, 0.29) is 5.91 Å². The van der Waals surface area contributed by atoms with Gasteiger partial charge in [0.2, 0.25) is 0 Å². The maximum atomic E-state index is 12.5. The van der Waals surface area contributed by atoms with Gasteiger partial charge < -0.3 is 14.5 Å². The lowest BCUT2D eigenvalue weighted by Gasteiger charge is -2.34. The molecule has 5 heteroatoms. The van der Waals surface area contributed by atoms with Gasteiger partial charge in [-0.25, -0.2) is 0 Å². The Balaban J connectivity index is 1.40. The Hall–Kier alpha value is -2.40. The van der Waals surface area contributed by atoms with Gasteiger partial charge >= 0.3 is 0 Å². The third kappa shape index (κ3) is 5.54. The average molecular weight is 367 g/mol. The molecule has 1 amide bonds. The van der Waals surface area contributed by atoms with Crippen molar-refractivity contribution in [2.24, 2.45) is 5.92 Å². The van der Waals surface area contributed by atoms with Crippen LogP contribution in [0.15, 0.2) is 48.8 Å². The number of likely N-dealkylation sites (tertiary alicyclic amines) is 1. The van der Waals surface area contributed by atoms with Crippen molar-refractivity contribution in [3.8, 4) is 5.75 Å². The molecule has 0 saturated carbocycles. The molecule has 3 rings (SSSR count). The lowest BCUT2D eigenvalue weighted by Crippen LogP contribution is -2.40. The largest absolute Gasteiger partial charge is 0.497 e. The van der Waals surface area contributed by atoms with E-state index in [1.165, 1.54) is 5.56 Å². The van der Waals surface area contributed by atoms with Gasteiger partial charge in [0.25, 0.3) is 5.91 Å². The van der Waals surface area contributed by atoms with Gasteiger partial charge in [-0.05, 0) is 68.1 Å². The minimum atomic E-state index is 0.0827. The second-order valence-electron chi connectivity index (χ2n) is 7.30. The molecule has 0 bridgehead atoms. The molecule has 0 spiro atoms. The number of benzene rings is 1. The highest BCUT2D eigenvalue weighted by atomic mass is 16.5. The molecule has 0 radical (unpaired) electrons. The fraction of sp³-hybridized carbons (Fsp3) is 0.455. The molecule has 2 heterocycles. The van der Waals surface area contributed by atoms with Crippen LogP contribution in [-0.2, 0) is 6.42 Å². The van der Waals surface area contributed by atoms with Crippen LogP contribution in [0.1, 0.15) is 28.8 Å². The Morgan fingerprint density at radius 2 is 1.81 bits per heavy atom. The van der Waals surface area contributed by atoms with Crippen LogP contribution in [0.5, 0.6) is 5.75 Å². The van der Waals surface area contributed by atoms with E-state index in [0.29, 0.717) is 11.5 Å². The van der Waals surface area contributed by atoms with Crippen molar-refractivity contribution in [1.82, 2.24) is 14.8 Å². The first-order valence-corrected chi connectivity index (χ1v) is 9.66. The van der Waals surface area contributed by atoms with Gasteiger partial charge in [-0.1, -0.05) is 12.1 Å². The van der Waals surface area contributed by atoms with Crippen LogP contribution in [0.25, 0.3) is 0 Å². The molecule has 0 atom stereocenters. The predicted octanol–water partition coefficient (Wildman–Crippen LogP) is 3.12. The monoisotopic (exact) mass is 367 g/mol. The van der Waals surface area contributed by atoms with Crippen molar-refractivity contribution in [2.75, 3.05) is 40.3 Å². The predicted molar refractivity (Wildman–Crippen MR) is 107 cm³/mol. The number of carbonyl (C=O) groups excluding carboxylic acids is 1. The van der Waals surface area contributed by atoms with E-state index in [1.54, 1.807) is 31.6 Å². The van der Waals surface area contributed by atoms with Crippen molar-refractivity contribution in [3.05, 3.63) is 59.9 Å². The molecule has 0 N–H and O–H groups in total. The average Bonchev–Trinajstić information content (AvgIpc) is 2.73. The molecular weight excluding hydrogens is 338 g/mol. The molecule has 0 aliphatic carbocycles. The molecule has 144 valence electrons. The zero-order chi connectivity index (χ0) is 19.1. The smallest absolute Gasteiger partial charge is 0.253 e. The summed E-state index contributed by atoms with van der Waals surface area (Å²) in [6.45, 7) is 4.13. The standard InChI is InChI=1S/C22H29N3O2/c1-24(22(26)20-7-12-23-13-8-20)17-19-10-15-25(16-11-19)14-9-18-3-5-21(27-2)6-4-18/h3-8,12-13,19H,9-11,14-17H2,1-2H3. The van der Waals surface area contributed by atoms with Crippen LogP contribution in [0, 0.1) is 5.92 Å². The normalized spacial score (nSPS) is 15.5. The summed E-state index contributed by atoms with van der Waals surface area (Å²) in [5, 5.41) is 0. The molecule has 0 unspecified atom stereocenters. The number of nitrogens with zero attached hydrogens (tertiary/aromatic N) is 3. The van der Waals surface area contributed by atoms with E-state index >= 15 is 0 Å². The summed E-state index contributed by atoms with van der Waals surface area (Å²) in [5.74, 6) is 1.57. The number of hydrogen-bond donors (Lipinski definition) is 0. The summed E-state index contributed by atoms with van der Waals surface area (Å²) < 4.78 is 5.21. The molecule has 27 heavy (non-hydrogen) atoms. The fourth-order valence-electron chi connectivity index (χ4n) is 3.66. The molecule has 1 aliphatic heterocycles. The minimum absolute atomic E-state index is 0.0827. The highest BCUT2D eigenvalue weighted by Gasteiger charge is 2.22. The Morgan fingerprint density at radius 3 is 2.44 bits per heavy atom. The number of piperidine rings is 1. The highest BCUT2D eigenvalue weighted by Crippen LogP contribution is 2.19. The Bertz CT molecular complexity index is 710. The SMILES string of the molecule is COc1ccc(CCN2CCC(CN(C)C(=O)c3ccncc3)CC2)cc1. The number of rotatable bonds is 7. The Kier molecular flexibility index (Phi) is 6.82. The van der Waals surface area contributed by atoms with Gasteiger partial charge in [0.15, 0.2) is 0 Å². The molecule has 1 saturated heterocycles. The van der Waals surface area contributed by atoms with Crippen molar-refractivity contribution >= 4 is 5.91 Å². The third-order valence-corrected chi connectivity index (χ3v) is 5.39. The van der Waals surface area contributed by atoms with E-state index in [0.717, 1.165) is 51.2 Å². The van der Waals surface area contributed by atoms with Crippen LogP contribution < -0.4 is 4.74 Å². The van der Waals surface area contributed by atoms with Gasteiger partial charge in [-0.15, -0.1) is 0 Å². The molecule has 1 fully saturated rings. The molecular formula is C22H29N3O2. The van der Waals surface area contributed by atoms with Crippen molar-refractivity contribution < 1.29 is 9.53 Å². The zero-order valence-electron chi connectivity index (χ0n) is 16.3. The summed E-state index contributed by atoms with van der Waals surface area (Å²) in [6.07, 6.45) is 6.70. The first kappa shape index (κ1) is 19.4. The second kappa shape index (κ2) is 9.51.